The van der Waals surface area contributed by atoms with Crippen molar-refractivity contribution in [1.82, 2.24) is 20.4 Å². The van der Waals surface area contributed by atoms with Gasteiger partial charge >= 0.3 is 6.03 Å². The molecule has 7 heteroatoms. The molecule has 2 heterocycles. The monoisotopic (exact) mass is 297 g/mol. The lowest BCUT2D eigenvalue weighted by Gasteiger charge is -2.35. The van der Waals surface area contributed by atoms with Crippen LogP contribution in [0.3, 0.4) is 0 Å². The van der Waals surface area contributed by atoms with Gasteiger partial charge in [0.25, 0.3) is 0 Å². The summed E-state index contributed by atoms with van der Waals surface area (Å²) in [6.45, 7) is 5.75. The molecule has 2 fully saturated rings. The van der Waals surface area contributed by atoms with Crippen LogP contribution >= 0.6 is 0 Å². The van der Waals surface area contributed by atoms with Gasteiger partial charge < -0.3 is 11.1 Å². The number of piperidine rings is 1. The fraction of sp³-hybridized carbons (Fsp3) is 0.857. The largest absolute Gasteiger partial charge is 0.341 e. The minimum absolute atomic E-state index is 0.240. The second-order valence-electron chi connectivity index (χ2n) is 6.06. The highest BCUT2D eigenvalue weighted by molar-refractivity contribution is 5.96. The first-order chi connectivity index (χ1) is 10.0. The molecule has 0 saturated carbocycles. The van der Waals surface area contributed by atoms with Gasteiger partial charge in [-0.3, -0.25) is 19.9 Å². The van der Waals surface area contributed by atoms with Crippen LogP contribution in [-0.2, 0) is 4.79 Å². The number of urea groups is 1. The Morgan fingerprint density at radius 2 is 1.86 bits per heavy atom. The number of carbonyl (C=O) groups is 2. The first-order valence-corrected chi connectivity index (χ1v) is 7.77. The molecule has 7 nitrogen and oxygen atoms in total. The van der Waals surface area contributed by atoms with Crippen LogP contribution in [0.4, 0.5) is 4.79 Å². The Balaban J connectivity index is 1.81. The van der Waals surface area contributed by atoms with Crippen LogP contribution in [0.2, 0.25) is 0 Å². The Kier molecular flexibility index (Phi) is 5.55. The number of rotatable bonds is 3. The summed E-state index contributed by atoms with van der Waals surface area (Å²) in [5.41, 5.74) is 5.94. The van der Waals surface area contributed by atoms with Crippen molar-refractivity contribution < 1.29 is 9.59 Å². The summed E-state index contributed by atoms with van der Waals surface area (Å²) in [5.74, 6) is -0.240. The third kappa shape index (κ3) is 4.15. The Labute approximate surface area is 126 Å². The highest BCUT2D eigenvalue weighted by atomic mass is 16.2. The molecule has 0 aromatic heterocycles. The molecule has 3 amide bonds. The molecular weight excluding hydrogens is 270 g/mol. The van der Waals surface area contributed by atoms with E-state index in [1.165, 1.54) is 7.05 Å². The van der Waals surface area contributed by atoms with E-state index >= 15 is 0 Å². The van der Waals surface area contributed by atoms with Crippen molar-refractivity contribution in [3.8, 4) is 0 Å². The fourth-order valence-corrected chi connectivity index (χ4v) is 3.15. The van der Waals surface area contributed by atoms with Crippen LogP contribution in [-0.4, -0.2) is 73.1 Å². The molecular formula is C14H27N5O2. The van der Waals surface area contributed by atoms with Crippen molar-refractivity contribution in [2.45, 2.75) is 44.3 Å². The van der Waals surface area contributed by atoms with E-state index in [0.717, 1.165) is 45.4 Å². The third-order valence-corrected chi connectivity index (χ3v) is 4.68. The molecule has 0 spiro atoms. The average Bonchev–Trinajstić information content (AvgIpc) is 2.96. The second kappa shape index (κ2) is 7.20. The number of carbonyl (C=O) groups excluding carboxylic acids is 2. The maximum Gasteiger partial charge on any atom is 0.321 e. The molecule has 0 aromatic rings. The number of hydrogen-bond acceptors (Lipinski definition) is 5. The first kappa shape index (κ1) is 16.2. The van der Waals surface area contributed by atoms with Crippen LogP contribution in [0.25, 0.3) is 0 Å². The van der Waals surface area contributed by atoms with Crippen molar-refractivity contribution >= 4 is 11.9 Å². The molecule has 0 aromatic carbocycles. The second-order valence-corrected chi connectivity index (χ2v) is 6.06. The number of nitrogens with two attached hydrogens (primary N) is 1. The van der Waals surface area contributed by atoms with Gasteiger partial charge in [-0.15, -0.1) is 0 Å². The molecule has 2 rings (SSSR count). The molecule has 0 bridgehead atoms. The van der Waals surface area contributed by atoms with E-state index in [4.69, 9.17) is 5.73 Å². The van der Waals surface area contributed by atoms with Gasteiger partial charge in [-0.1, -0.05) is 0 Å². The van der Waals surface area contributed by atoms with Crippen molar-refractivity contribution in [1.29, 1.82) is 0 Å². The van der Waals surface area contributed by atoms with Crippen molar-refractivity contribution in [2.24, 2.45) is 5.73 Å². The zero-order valence-corrected chi connectivity index (χ0v) is 13.0. The first-order valence-electron chi connectivity index (χ1n) is 7.77. The topological polar surface area (TPSA) is 90.7 Å². The molecule has 0 radical (unpaired) electrons. The number of imide groups is 1. The minimum Gasteiger partial charge on any atom is -0.341 e. The van der Waals surface area contributed by atoms with Crippen LogP contribution in [0.5, 0.6) is 0 Å². The Bertz CT molecular complexity index is 382. The van der Waals surface area contributed by atoms with E-state index in [-0.39, 0.29) is 11.9 Å². The molecule has 2 aliphatic rings. The standard InChI is InChI=1S/C14H27N5O2/c1-10(13(20)17-14(21)16-2)19-8-5-12(9-19)18-6-3-11(15)4-7-18/h10-12H,3-9,15H2,1-2H3,(H2,16,17,20,21). The van der Waals surface area contributed by atoms with Gasteiger partial charge in [-0.05, 0) is 39.3 Å². The predicted octanol–water partition coefficient (Wildman–Crippen LogP) is -0.672. The smallest absolute Gasteiger partial charge is 0.321 e. The van der Waals surface area contributed by atoms with Crippen LogP contribution < -0.4 is 16.4 Å². The van der Waals surface area contributed by atoms with Gasteiger partial charge in [-0.25, -0.2) is 4.79 Å². The normalized spacial score (nSPS) is 26.5. The fourth-order valence-electron chi connectivity index (χ4n) is 3.15. The number of nitrogens with one attached hydrogen (secondary N) is 2. The van der Waals surface area contributed by atoms with Gasteiger partial charge in [-0.2, -0.15) is 0 Å². The molecule has 2 unspecified atom stereocenters. The minimum atomic E-state index is -0.451. The summed E-state index contributed by atoms with van der Waals surface area (Å²) in [6.07, 6.45) is 3.19. The van der Waals surface area contributed by atoms with Gasteiger partial charge in [0.05, 0.1) is 6.04 Å². The summed E-state index contributed by atoms with van der Waals surface area (Å²) in [7, 11) is 1.50. The highest BCUT2D eigenvalue weighted by Gasteiger charge is 2.34. The Morgan fingerprint density at radius 1 is 1.19 bits per heavy atom. The zero-order chi connectivity index (χ0) is 15.4. The molecule has 2 atom stereocenters. The van der Waals surface area contributed by atoms with Crippen molar-refractivity contribution in [3.63, 3.8) is 0 Å². The lowest BCUT2D eigenvalue weighted by atomic mass is 10.0. The summed E-state index contributed by atoms with van der Waals surface area (Å²) in [5, 5.41) is 4.74. The molecule has 21 heavy (non-hydrogen) atoms. The molecule has 4 N–H and O–H groups in total. The Hall–Kier alpha value is -1.18. The van der Waals surface area contributed by atoms with E-state index in [1.54, 1.807) is 0 Å². The van der Waals surface area contributed by atoms with E-state index in [2.05, 4.69) is 20.4 Å². The third-order valence-electron chi connectivity index (χ3n) is 4.68. The predicted molar refractivity (Wildman–Crippen MR) is 80.8 cm³/mol. The lowest BCUT2D eigenvalue weighted by molar-refractivity contribution is -0.124. The average molecular weight is 297 g/mol. The molecule has 2 saturated heterocycles. The van der Waals surface area contributed by atoms with Crippen molar-refractivity contribution in [3.05, 3.63) is 0 Å². The SMILES string of the molecule is CNC(=O)NC(=O)C(C)N1CCC(N2CCC(N)CC2)C1. The highest BCUT2D eigenvalue weighted by Crippen LogP contribution is 2.21. The van der Waals surface area contributed by atoms with E-state index in [0.29, 0.717) is 12.1 Å². The summed E-state index contributed by atoms with van der Waals surface area (Å²) < 4.78 is 0. The van der Waals surface area contributed by atoms with E-state index in [1.807, 2.05) is 6.92 Å². The maximum absolute atomic E-state index is 12.0. The van der Waals surface area contributed by atoms with Crippen LogP contribution in [0.1, 0.15) is 26.2 Å². The van der Waals surface area contributed by atoms with Gasteiger partial charge in [0, 0.05) is 32.2 Å². The van der Waals surface area contributed by atoms with E-state index < -0.39 is 6.03 Å². The summed E-state index contributed by atoms with van der Waals surface area (Å²) in [4.78, 5) is 27.8. The van der Waals surface area contributed by atoms with Crippen LogP contribution in [0.15, 0.2) is 0 Å². The number of amides is 3. The van der Waals surface area contributed by atoms with Gasteiger partial charge in [0.1, 0.15) is 0 Å². The maximum atomic E-state index is 12.0. The summed E-state index contributed by atoms with van der Waals surface area (Å²) in [6, 6.07) is 0.121. The van der Waals surface area contributed by atoms with Gasteiger partial charge in [0.2, 0.25) is 5.91 Å². The lowest BCUT2D eigenvalue weighted by Crippen LogP contribution is -2.50. The zero-order valence-electron chi connectivity index (χ0n) is 13.0. The number of likely N-dealkylation sites (tertiary alicyclic amines) is 2. The summed E-state index contributed by atoms with van der Waals surface area (Å²) >= 11 is 0. The van der Waals surface area contributed by atoms with Gasteiger partial charge in [0.15, 0.2) is 0 Å². The Morgan fingerprint density at radius 3 is 2.48 bits per heavy atom. The van der Waals surface area contributed by atoms with Crippen LogP contribution in [0, 0.1) is 0 Å². The number of hydrogen-bond donors (Lipinski definition) is 3. The molecule has 120 valence electrons. The quantitative estimate of drug-likeness (QED) is 0.642. The van der Waals surface area contributed by atoms with E-state index in [9.17, 15) is 9.59 Å². The molecule has 2 aliphatic heterocycles. The number of nitrogens with zero attached hydrogens (tertiary/aromatic N) is 2. The van der Waals surface area contributed by atoms with Crippen molar-refractivity contribution in [2.75, 3.05) is 33.2 Å². The molecule has 0 aliphatic carbocycles.